The first-order valence-corrected chi connectivity index (χ1v) is 6.75. The van der Waals surface area contributed by atoms with Crippen molar-refractivity contribution in [1.29, 1.82) is 0 Å². The zero-order valence-corrected chi connectivity index (χ0v) is 12.2. The molecule has 0 aliphatic heterocycles. The Morgan fingerprint density at radius 3 is 2.68 bits per heavy atom. The zero-order valence-electron chi connectivity index (χ0n) is 12.2. The second kappa shape index (κ2) is 8.25. The monoisotopic (exact) mass is 268 g/mol. The summed E-state index contributed by atoms with van der Waals surface area (Å²) in [7, 11) is 1.71. The van der Waals surface area contributed by atoms with E-state index in [0.29, 0.717) is 18.1 Å². The summed E-state index contributed by atoms with van der Waals surface area (Å²) in [6.07, 6.45) is 0. The van der Waals surface area contributed by atoms with Gasteiger partial charge in [0.05, 0.1) is 6.61 Å². The van der Waals surface area contributed by atoms with Gasteiger partial charge < -0.3 is 10.5 Å². The fourth-order valence-corrected chi connectivity index (χ4v) is 2.11. The molecule has 4 heteroatoms. The molecule has 0 atom stereocenters. The van der Waals surface area contributed by atoms with Crippen LogP contribution in [-0.4, -0.2) is 31.7 Å². The second-order valence-electron chi connectivity index (χ2n) is 5.25. The van der Waals surface area contributed by atoms with Gasteiger partial charge in [0.2, 0.25) is 0 Å². The third kappa shape index (κ3) is 5.68. The minimum absolute atomic E-state index is 0.224. The summed E-state index contributed by atoms with van der Waals surface area (Å²) in [4.78, 5) is 2.32. The molecule has 1 aromatic rings. The Morgan fingerprint density at radius 2 is 2.11 bits per heavy atom. The number of halogens is 1. The molecule has 19 heavy (non-hydrogen) atoms. The summed E-state index contributed by atoms with van der Waals surface area (Å²) in [5, 5.41) is 0. The molecule has 0 fully saturated rings. The van der Waals surface area contributed by atoms with Crippen molar-refractivity contribution in [2.24, 2.45) is 11.7 Å². The number of methoxy groups -OCH3 is 1. The number of nitrogens with zero attached hydrogens (tertiary/aromatic N) is 1. The molecule has 2 N–H and O–H groups in total. The SMILES string of the molecule is COCCN(Cc1ccc(F)c(CN)c1)CC(C)C. The first-order chi connectivity index (χ1) is 9.06. The first-order valence-electron chi connectivity index (χ1n) is 6.75. The minimum Gasteiger partial charge on any atom is -0.383 e. The van der Waals surface area contributed by atoms with Crippen LogP contribution in [-0.2, 0) is 17.8 Å². The van der Waals surface area contributed by atoms with Crippen molar-refractivity contribution in [1.82, 2.24) is 4.90 Å². The van der Waals surface area contributed by atoms with Crippen molar-refractivity contribution in [3.05, 3.63) is 35.1 Å². The average molecular weight is 268 g/mol. The van der Waals surface area contributed by atoms with Gasteiger partial charge in [0, 0.05) is 38.9 Å². The molecule has 0 saturated carbocycles. The molecule has 0 unspecified atom stereocenters. The van der Waals surface area contributed by atoms with E-state index in [1.165, 1.54) is 6.07 Å². The van der Waals surface area contributed by atoms with E-state index in [4.69, 9.17) is 10.5 Å². The molecule has 0 aromatic heterocycles. The number of ether oxygens (including phenoxy) is 1. The molecule has 1 rings (SSSR count). The Hall–Kier alpha value is -0.970. The summed E-state index contributed by atoms with van der Waals surface area (Å²) in [5.74, 6) is 0.366. The van der Waals surface area contributed by atoms with Crippen LogP contribution < -0.4 is 5.73 Å². The third-order valence-electron chi connectivity index (χ3n) is 2.97. The maximum absolute atomic E-state index is 13.4. The van der Waals surface area contributed by atoms with Gasteiger partial charge in [-0.05, 0) is 17.5 Å². The van der Waals surface area contributed by atoms with Gasteiger partial charge in [-0.3, -0.25) is 4.90 Å². The molecular weight excluding hydrogens is 243 g/mol. The Labute approximate surface area is 115 Å². The van der Waals surface area contributed by atoms with E-state index in [2.05, 4.69) is 18.7 Å². The molecule has 0 bridgehead atoms. The minimum atomic E-state index is -0.224. The molecule has 0 amide bonds. The van der Waals surface area contributed by atoms with Gasteiger partial charge in [-0.1, -0.05) is 26.0 Å². The van der Waals surface area contributed by atoms with E-state index in [0.717, 1.165) is 25.2 Å². The normalized spacial score (nSPS) is 11.5. The highest BCUT2D eigenvalue weighted by Gasteiger charge is 2.09. The smallest absolute Gasteiger partial charge is 0.127 e. The van der Waals surface area contributed by atoms with Gasteiger partial charge in [-0.25, -0.2) is 4.39 Å². The highest BCUT2D eigenvalue weighted by atomic mass is 19.1. The number of hydrogen-bond acceptors (Lipinski definition) is 3. The molecule has 108 valence electrons. The Morgan fingerprint density at radius 1 is 1.37 bits per heavy atom. The lowest BCUT2D eigenvalue weighted by molar-refractivity contribution is 0.136. The highest BCUT2D eigenvalue weighted by molar-refractivity contribution is 5.25. The fourth-order valence-electron chi connectivity index (χ4n) is 2.11. The molecule has 0 radical (unpaired) electrons. The summed E-state index contributed by atoms with van der Waals surface area (Å²) >= 11 is 0. The predicted octanol–water partition coefficient (Wildman–Crippen LogP) is 2.39. The summed E-state index contributed by atoms with van der Waals surface area (Å²) < 4.78 is 18.5. The van der Waals surface area contributed by atoms with Crippen LogP contribution in [0, 0.1) is 11.7 Å². The van der Waals surface area contributed by atoms with Gasteiger partial charge in [0.15, 0.2) is 0 Å². The fraction of sp³-hybridized carbons (Fsp3) is 0.600. The lowest BCUT2D eigenvalue weighted by atomic mass is 10.1. The van der Waals surface area contributed by atoms with Crippen LogP contribution in [0.15, 0.2) is 18.2 Å². The number of nitrogens with two attached hydrogens (primary N) is 1. The molecule has 1 aromatic carbocycles. The van der Waals surface area contributed by atoms with E-state index in [1.807, 2.05) is 12.1 Å². The predicted molar refractivity (Wildman–Crippen MR) is 76.3 cm³/mol. The largest absolute Gasteiger partial charge is 0.383 e. The Kier molecular flexibility index (Phi) is 6.99. The quantitative estimate of drug-likeness (QED) is 0.787. The van der Waals surface area contributed by atoms with Gasteiger partial charge >= 0.3 is 0 Å². The molecule has 0 aliphatic carbocycles. The molecule has 0 heterocycles. The topological polar surface area (TPSA) is 38.5 Å². The van der Waals surface area contributed by atoms with Crippen molar-refractivity contribution in [3.8, 4) is 0 Å². The van der Waals surface area contributed by atoms with Gasteiger partial charge in [-0.15, -0.1) is 0 Å². The molecule has 3 nitrogen and oxygen atoms in total. The van der Waals surface area contributed by atoms with Crippen LogP contribution in [0.3, 0.4) is 0 Å². The maximum Gasteiger partial charge on any atom is 0.127 e. The number of rotatable bonds is 8. The number of benzene rings is 1. The van der Waals surface area contributed by atoms with Gasteiger partial charge in [-0.2, -0.15) is 0 Å². The second-order valence-corrected chi connectivity index (χ2v) is 5.25. The Balaban J connectivity index is 2.71. The van der Waals surface area contributed by atoms with Gasteiger partial charge in [0.1, 0.15) is 5.82 Å². The van der Waals surface area contributed by atoms with Crippen molar-refractivity contribution >= 4 is 0 Å². The highest BCUT2D eigenvalue weighted by Crippen LogP contribution is 2.13. The van der Waals surface area contributed by atoms with Crippen molar-refractivity contribution in [2.75, 3.05) is 26.8 Å². The zero-order chi connectivity index (χ0) is 14.3. The van der Waals surface area contributed by atoms with E-state index in [-0.39, 0.29) is 12.4 Å². The molecule has 0 spiro atoms. The first kappa shape index (κ1) is 16.1. The summed E-state index contributed by atoms with van der Waals surface area (Å²) in [6.45, 7) is 8.00. The van der Waals surface area contributed by atoms with E-state index in [9.17, 15) is 4.39 Å². The maximum atomic E-state index is 13.4. The summed E-state index contributed by atoms with van der Waals surface area (Å²) in [6, 6.07) is 5.19. The number of hydrogen-bond donors (Lipinski definition) is 1. The van der Waals surface area contributed by atoms with Crippen molar-refractivity contribution < 1.29 is 9.13 Å². The van der Waals surface area contributed by atoms with Gasteiger partial charge in [0.25, 0.3) is 0 Å². The van der Waals surface area contributed by atoms with E-state index >= 15 is 0 Å². The molecule has 0 saturated heterocycles. The van der Waals surface area contributed by atoms with Crippen LogP contribution in [0.4, 0.5) is 4.39 Å². The van der Waals surface area contributed by atoms with Crippen LogP contribution in [0.5, 0.6) is 0 Å². The molecular formula is C15H25FN2O. The van der Waals surface area contributed by atoms with E-state index < -0.39 is 0 Å². The average Bonchev–Trinajstić information content (AvgIpc) is 2.37. The third-order valence-corrected chi connectivity index (χ3v) is 2.97. The van der Waals surface area contributed by atoms with E-state index in [1.54, 1.807) is 7.11 Å². The summed E-state index contributed by atoms with van der Waals surface area (Å²) in [5.41, 5.74) is 7.21. The van der Waals surface area contributed by atoms with Crippen LogP contribution >= 0.6 is 0 Å². The van der Waals surface area contributed by atoms with Crippen molar-refractivity contribution in [2.45, 2.75) is 26.9 Å². The van der Waals surface area contributed by atoms with Crippen LogP contribution in [0.1, 0.15) is 25.0 Å². The lowest BCUT2D eigenvalue weighted by Gasteiger charge is -2.24. The Bertz CT molecular complexity index is 382. The van der Waals surface area contributed by atoms with Crippen LogP contribution in [0.25, 0.3) is 0 Å². The lowest BCUT2D eigenvalue weighted by Crippen LogP contribution is -2.30. The van der Waals surface area contributed by atoms with Crippen molar-refractivity contribution in [3.63, 3.8) is 0 Å². The standard InChI is InChI=1S/C15H25FN2O/c1-12(2)10-18(6-7-19-3)11-13-4-5-15(16)14(8-13)9-17/h4-5,8,12H,6-7,9-11,17H2,1-3H3. The molecule has 0 aliphatic rings. The van der Waals surface area contributed by atoms with Crippen LogP contribution in [0.2, 0.25) is 0 Å².